The standard InChI is InChI=1S/C16H24FN3O2.2ClH/c1-16(2,18)15(21)19-11-14(20-7-9-22-10-8-20)12-3-5-13(17)6-4-12;;/h3-6,14H,7-11,18H2,1-2H3,(H,19,21);2*1H. The number of rotatable bonds is 5. The fourth-order valence-electron chi connectivity index (χ4n) is 2.45. The summed E-state index contributed by atoms with van der Waals surface area (Å²) in [5.41, 5.74) is 5.86. The van der Waals surface area contributed by atoms with E-state index in [-0.39, 0.29) is 42.6 Å². The zero-order chi connectivity index (χ0) is 16.2. The number of halogens is 3. The Morgan fingerprint density at radius 2 is 1.83 bits per heavy atom. The molecule has 0 radical (unpaired) electrons. The van der Waals surface area contributed by atoms with Crippen molar-refractivity contribution in [1.29, 1.82) is 0 Å². The van der Waals surface area contributed by atoms with E-state index in [0.717, 1.165) is 18.7 Å². The number of carbonyl (C=O) groups is 1. The number of amides is 1. The van der Waals surface area contributed by atoms with Crippen LogP contribution < -0.4 is 11.1 Å². The summed E-state index contributed by atoms with van der Waals surface area (Å²) in [6, 6.07) is 6.38. The van der Waals surface area contributed by atoms with Crippen molar-refractivity contribution in [3.8, 4) is 0 Å². The minimum Gasteiger partial charge on any atom is -0.379 e. The molecule has 1 saturated heterocycles. The first-order valence-corrected chi connectivity index (χ1v) is 7.52. The third-order valence-electron chi connectivity index (χ3n) is 3.78. The van der Waals surface area contributed by atoms with Gasteiger partial charge in [-0.05, 0) is 31.5 Å². The zero-order valence-corrected chi connectivity index (χ0v) is 15.6. The Kier molecular flexibility index (Phi) is 9.77. The Morgan fingerprint density at radius 3 is 2.33 bits per heavy atom. The van der Waals surface area contributed by atoms with Crippen molar-refractivity contribution in [2.24, 2.45) is 5.73 Å². The number of morpholine rings is 1. The molecule has 0 aliphatic carbocycles. The lowest BCUT2D eigenvalue weighted by Gasteiger charge is -2.35. The summed E-state index contributed by atoms with van der Waals surface area (Å²) in [4.78, 5) is 14.2. The Balaban J connectivity index is 0.00000264. The highest BCUT2D eigenvalue weighted by molar-refractivity contribution is 5.86. The predicted octanol–water partition coefficient (Wildman–Crippen LogP) is 1.90. The van der Waals surface area contributed by atoms with E-state index in [2.05, 4.69) is 10.2 Å². The summed E-state index contributed by atoms with van der Waals surface area (Å²) in [6.45, 7) is 6.66. The quantitative estimate of drug-likeness (QED) is 0.816. The highest BCUT2D eigenvalue weighted by Gasteiger charge is 2.26. The van der Waals surface area contributed by atoms with Gasteiger partial charge in [0.25, 0.3) is 0 Å². The SMILES string of the molecule is CC(C)(N)C(=O)NCC(c1ccc(F)cc1)N1CCOCC1.Cl.Cl. The number of nitrogens with two attached hydrogens (primary N) is 1. The van der Waals surface area contributed by atoms with Crippen molar-refractivity contribution in [2.75, 3.05) is 32.8 Å². The van der Waals surface area contributed by atoms with Crippen LogP contribution in [0.1, 0.15) is 25.5 Å². The monoisotopic (exact) mass is 381 g/mol. The zero-order valence-electron chi connectivity index (χ0n) is 14.0. The van der Waals surface area contributed by atoms with Crippen molar-refractivity contribution in [3.05, 3.63) is 35.6 Å². The van der Waals surface area contributed by atoms with Gasteiger partial charge in [0.05, 0.1) is 24.8 Å². The van der Waals surface area contributed by atoms with E-state index in [1.807, 2.05) is 0 Å². The van der Waals surface area contributed by atoms with Gasteiger partial charge in [-0.2, -0.15) is 0 Å². The molecular formula is C16H26Cl2FN3O2. The van der Waals surface area contributed by atoms with E-state index >= 15 is 0 Å². The van der Waals surface area contributed by atoms with Crippen molar-refractivity contribution in [3.63, 3.8) is 0 Å². The molecule has 0 bridgehead atoms. The Morgan fingerprint density at radius 1 is 1.29 bits per heavy atom. The van der Waals surface area contributed by atoms with E-state index in [4.69, 9.17) is 10.5 Å². The summed E-state index contributed by atoms with van der Waals surface area (Å²) in [5, 5.41) is 2.89. The van der Waals surface area contributed by atoms with Crippen LogP contribution in [0.5, 0.6) is 0 Å². The molecule has 1 unspecified atom stereocenters. The molecule has 0 saturated carbocycles. The van der Waals surface area contributed by atoms with Gasteiger partial charge in [-0.25, -0.2) is 4.39 Å². The summed E-state index contributed by atoms with van der Waals surface area (Å²) in [6.07, 6.45) is 0. The maximum atomic E-state index is 13.1. The second-order valence-electron chi connectivity index (χ2n) is 6.15. The maximum Gasteiger partial charge on any atom is 0.239 e. The van der Waals surface area contributed by atoms with Gasteiger partial charge >= 0.3 is 0 Å². The van der Waals surface area contributed by atoms with E-state index < -0.39 is 5.54 Å². The van der Waals surface area contributed by atoms with Crippen LogP contribution in [0, 0.1) is 5.82 Å². The molecule has 1 fully saturated rings. The van der Waals surface area contributed by atoms with Crippen LogP contribution in [0.4, 0.5) is 4.39 Å². The van der Waals surface area contributed by atoms with Crippen LogP contribution in [0.25, 0.3) is 0 Å². The summed E-state index contributed by atoms with van der Waals surface area (Å²) < 4.78 is 18.5. The second-order valence-corrected chi connectivity index (χ2v) is 6.15. The molecular weight excluding hydrogens is 356 g/mol. The molecule has 5 nitrogen and oxygen atoms in total. The van der Waals surface area contributed by atoms with Crippen LogP contribution in [0.2, 0.25) is 0 Å². The topological polar surface area (TPSA) is 67.6 Å². The molecule has 1 amide bonds. The molecule has 8 heteroatoms. The van der Waals surface area contributed by atoms with Gasteiger partial charge in [0.1, 0.15) is 5.82 Å². The molecule has 0 spiro atoms. The lowest BCUT2D eigenvalue weighted by atomic mass is 10.0. The van der Waals surface area contributed by atoms with E-state index in [0.29, 0.717) is 19.8 Å². The van der Waals surface area contributed by atoms with Crippen molar-refractivity contribution < 1.29 is 13.9 Å². The average molecular weight is 382 g/mol. The Hall–Kier alpha value is -0.920. The largest absolute Gasteiger partial charge is 0.379 e. The Labute approximate surface area is 154 Å². The fraction of sp³-hybridized carbons (Fsp3) is 0.562. The average Bonchev–Trinajstić information content (AvgIpc) is 2.49. The van der Waals surface area contributed by atoms with E-state index in [9.17, 15) is 9.18 Å². The van der Waals surface area contributed by atoms with Crippen LogP contribution in [0.3, 0.4) is 0 Å². The summed E-state index contributed by atoms with van der Waals surface area (Å²) >= 11 is 0. The third kappa shape index (κ3) is 6.53. The van der Waals surface area contributed by atoms with Gasteiger partial charge in [0.15, 0.2) is 0 Å². The first-order chi connectivity index (χ1) is 10.4. The van der Waals surface area contributed by atoms with Gasteiger partial charge in [-0.1, -0.05) is 12.1 Å². The van der Waals surface area contributed by atoms with E-state index in [1.54, 1.807) is 26.0 Å². The molecule has 1 aliphatic heterocycles. The number of nitrogens with zero attached hydrogens (tertiary/aromatic N) is 1. The lowest BCUT2D eigenvalue weighted by Crippen LogP contribution is -2.51. The smallest absolute Gasteiger partial charge is 0.239 e. The van der Waals surface area contributed by atoms with Crippen molar-refractivity contribution in [2.45, 2.75) is 25.4 Å². The highest BCUT2D eigenvalue weighted by Crippen LogP contribution is 2.21. The van der Waals surface area contributed by atoms with Gasteiger partial charge in [-0.15, -0.1) is 24.8 Å². The van der Waals surface area contributed by atoms with Gasteiger partial charge in [-0.3, -0.25) is 9.69 Å². The van der Waals surface area contributed by atoms with Crippen molar-refractivity contribution >= 4 is 30.7 Å². The fourth-order valence-corrected chi connectivity index (χ4v) is 2.45. The van der Waals surface area contributed by atoms with Crippen LogP contribution in [-0.2, 0) is 9.53 Å². The molecule has 1 atom stereocenters. The van der Waals surface area contributed by atoms with Gasteiger partial charge < -0.3 is 15.8 Å². The van der Waals surface area contributed by atoms with Crippen molar-refractivity contribution in [1.82, 2.24) is 10.2 Å². The number of benzene rings is 1. The summed E-state index contributed by atoms with van der Waals surface area (Å²) in [7, 11) is 0. The first-order valence-electron chi connectivity index (χ1n) is 7.52. The third-order valence-corrected chi connectivity index (χ3v) is 3.78. The number of hydrogen-bond acceptors (Lipinski definition) is 4. The van der Waals surface area contributed by atoms with Gasteiger partial charge in [0.2, 0.25) is 5.91 Å². The highest BCUT2D eigenvalue weighted by atomic mass is 35.5. The lowest BCUT2D eigenvalue weighted by molar-refractivity contribution is -0.125. The predicted molar refractivity (Wildman–Crippen MR) is 97.3 cm³/mol. The number of carbonyl (C=O) groups excluding carboxylic acids is 1. The molecule has 0 aromatic heterocycles. The minimum absolute atomic E-state index is 0. The second kappa shape index (κ2) is 10.2. The molecule has 1 aromatic rings. The number of nitrogens with one attached hydrogen (secondary N) is 1. The summed E-state index contributed by atoms with van der Waals surface area (Å²) in [5.74, 6) is -0.468. The Bertz CT molecular complexity index is 503. The van der Waals surface area contributed by atoms with Crippen LogP contribution in [0.15, 0.2) is 24.3 Å². The molecule has 138 valence electrons. The maximum absolute atomic E-state index is 13.1. The normalized spacial score (nSPS) is 16.5. The molecule has 1 aliphatic rings. The first kappa shape index (κ1) is 23.1. The molecule has 1 heterocycles. The van der Waals surface area contributed by atoms with E-state index in [1.165, 1.54) is 12.1 Å². The molecule has 24 heavy (non-hydrogen) atoms. The molecule has 3 N–H and O–H groups in total. The number of ether oxygens (including phenoxy) is 1. The number of hydrogen-bond donors (Lipinski definition) is 2. The molecule has 1 aromatic carbocycles. The minimum atomic E-state index is -0.918. The van der Waals surface area contributed by atoms with Gasteiger partial charge in [0, 0.05) is 19.6 Å². The van der Waals surface area contributed by atoms with Crippen LogP contribution in [-0.4, -0.2) is 49.2 Å². The van der Waals surface area contributed by atoms with Crippen LogP contribution >= 0.6 is 24.8 Å². The molecule has 2 rings (SSSR count).